The van der Waals surface area contributed by atoms with Crippen LogP contribution >= 0.6 is 0 Å². The van der Waals surface area contributed by atoms with E-state index in [2.05, 4.69) is 120 Å². The van der Waals surface area contributed by atoms with Gasteiger partial charge in [-0.1, -0.05) is 98.3 Å². The van der Waals surface area contributed by atoms with E-state index in [0.29, 0.717) is 0 Å². The Kier molecular flexibility index (Phi) is 6.89. The fourth-order valence-corrected chi connectivity index (χ4v) is 6.46. The molecule has 208 valence electrons. The monoisotopic (exact) mass is 548 g/mol. The Hall–Kier alpha value is -4.60. The van der Waals surface area contributed by atoms with Crippen LogP contribution in [0.15, 0.2) is 119 Å². The summed E-state index contributed by atoms with van der Waals surface area (Å²) >= 11 is 0. The molecule has 2 heterocycles. The third-order valence-corrected chi connectivity index (χ3v) is 8.57. The first-order chi connectivity index (χ1) is 20.7. The van der Waals surface area contributed by atoms with Gasteiger partial charge in [-0.15, -0.1) is 0 Å². The van der Waals surface area contributed by atoms with Crippen molar-refractivity contribution in [3.05, 3.63) is 120 Å². The van der Waals surface area contributed by atoms with Gasteiger partial charge in [-0.25, -0.2) is 0 Å². The van der Waals surface area contributed by atoms with E-state index >= 15 is 0 Å². The molecule has 0 saturated heterocycles. The molecule has 5 aromatic carbocycles. The molecular weight excluding hydrogens is 512 g/mol. The van der Waals surface area contributed by atoms with E-state index in [1.54, 1.807) is 0 Å². The molecule has 1 unspecified atom stereocenters. The number of allylic oxidation sites excluding steroid dienone is 3. The van der Waals surface area contributed by atoms with E-state index in [-0.39, 0.29) is 6.04 Å². The minimum atomic E-state index is 0.159. The zero-order chi connectivity index (χ0) is 28.6. The number of benzene rings is 5. The predicted molar refractivity (Wildman–Crippen MR) is 180 cm³/mol. The van der Waals surface area contributed by atoms with Crippen LogP contribution in [0.1, 0.15) is 44.7 Å². The fourth-order valence-electron chi connectivity index (χ4n) is 6.46. The Morgan fingerprint density at radius 3 is 2.38 bits per heavy atom. The highest BCUT2D eigenvalue weighted by Crippen LogP contribution is 2.39. The Bertz CT molecular complexity index is 2140. The van der Waals surface area contributed by atoms with Crippen LogP contribution in [0.5, 0.6) is 0 Å². The lowest BCUT2D eigenvalue weighted by Gasteiger charge is -2.17. The lowest BCUT2D eigenvalue weighted by Crippen LogP contribution is -2.15. The number of likely N-dealkylation sites (N-methyl/N-ethyl adjacent to an activating group) is 1. The number of rotatable bonds is 4. The first kappa shape index (κ1) is 26.3. The van der Waals surface area contributed by atoms with Crippen LogP contribution in [-0.2, 0) is 0 Å². The molecule has 2 N–H and O–H groups in total. The highest BCUT2D eigenvalue weighted by Gasteiger charge is 2.17. The summed E-state index contributed by atoms with van der Waals surface area (Å²) in [6.07, 6.45) is 10.3. The van der Waals surface area contributed by atoms with Crippen molar-refractivity contribution < 1.29 is 4.42 Å². The highest BCUT2D eigenvalue weighted by atomic mass is 16.3. The number of furan rings is 1. The average molecular weight is 549 g/mol. The van der Waals surface area contributed by atoms with Gasteiger partial charge in [0, 0.05) is 27.6 Å². The Balaban J connectivity index is 0.00000141. The summed E-state index contributed by atoms with van der Waals surface area (Å²) in [5.41, 5.74) is 9.31. The van der Waals surface area contributed by atoms with Crippen molar-refractivity contribution in [2.75, 3.05) is 7.05 Å². The number of hydrogen-bond acceptors (Lipinski definition) is 2. The van der Waals surface area contributed by atoms with Gasteiger partial charge in [0.15, 0.2) is 0 Å². The molecular formula is C39H36N2O. The molecule has 0 fully saturated rings. The molecule has 3 heteroatoms. The summed E-state index contributed by atoms with van der Waals surface area (Å²) in [7, 11) is 2.05. The van der Waals surface area contributed by atoms with Crippen molar-refractivity contribution in [2.24, 2.45) is 0 Å². The van der Waals surface area contributed by atoms with E-state index in [4.69, 9.17) is 4.42 Å². The second-order valence-corrected chi connectivity index (χ2v) is 11.0. The molecule has 1 atom stereocenters. The summed E-state index contributed by atoms with van der Waals surface area (Å²) < 4.78 is 6.37. The molecule has 0 radical (unpaired) electrons. The maximum atomic E-state index is 6.37. The normalized spacial score (nSPS) is 15.2. The highest BCUT2D eigenvalue weighted by molar-refractivity contribution is 6.17. The maximum Gasteiger partial charge on any atom is 0.137 e. The van der Waals surface area contributed by atoms with E-state index in [1.807, 2.05) is 20.9 Å². The second kappa shape index (κ2) is 11.0. The molecule has 0 aliphatic heterocycles. The molecule has 8 rings (SSSR count). The number of fused-ring (bicyclic) bond motifs is 7. The van der Waals surface area contributed by atoms with Crippen molar-refractivity contribution in [3.63, 3.8) is 0 Å². The van der Waals surface area contributed by atoms with Gasteiger partial charge in [0.1, 0.15) is 11.2 Å². The Labute approximate surface area is 246 Å². The van der Waals surface area contributed by atoms with Crippen molar-refractivity contribution >= 4 is 54.5 Å². The number of H-pyrrole nitrogens is 1. The predicted octanol–water partition coefficient (Wildman–Crippen LogP) is 11.0. The SMILES string of the molecule is CC.CNC(/C=C1\CC=CCC1)c1cccc2c1[nH]c1cc3oc4ccc(-c5ccc6ccccc6c5)cc4c3cc12. The zero-order valence-corrected chi connectivity index (χ0v) is 24.5. The number of hydrogen-bond donors (Lipinski definition) is 2. The van der Waals surface area contributed by atoms with Crippen LogP contribution in [0.3, 0.4) is 0 Å². The maximum absolute atomic E-state index is 6.37. The van der Waals surface area contributed by atoms with Gasteiger partial charge >= 0.3 is 0 Å². The van der Waals surface area contributed by atoms with Gasteiger partial charge < -0.3 is 14.7 Å². The molecule has 1 aliphatic rings. The number of aromatic amines is 1. The van der Waals surface area contributed by atoms with Gasteiger partial charge in [-0.3, -0.25) is 0 Å². The lowest BCUT2D eigenvalue weighted by molar-refractivity contribution is 0.669. The number of nitrogens with one attached hydrogen (secondary N) is 2. The molecule has 0 spiro atoms. The first-order valence-corrected chi connectivity index (χ1v) is 15.2. The average Bonchev–Trinajstić information content (AvgIpc) is 3.60. The van der Waals surface area contributed by atoms with E-state index < -0.39 is 0 Å². The molecule has 0 saturated carbocycles. The molecule has 7 aromatic rings. The van der Waals surface area contributed by atoms with E-state index in [1.165, 1.54) is 49.3 Å². The molecule has 1 aliphatic carbocycles. The molecule has 42 heavy (non-hydrogen) atoms. The first-order valence-electron chi connectivity index (χ1n) is 15.2. The summed E-state index contributed by atoms with van der Waals surface area (Å²) in [6.45, 7) is 4.00. The van der Waals surface area contributed by atoms with E-state index in [0.717, 1.165) is 46.7 Å². The van der Waals surface area contributed by atoms with Gasteiger partial charge in [0.05, 0.1) is 17.1 Å². The summed E-state index contributed by atoms with van der Waals surface area (Å²) in [4.78, 5) is 3.75. The van der Waals surface area contributed by atoms with Crippen LogP contribution in [0, 0.1) is 0 Å². The Morgan fingerprint density at radius 1 is 0.738 bits per heavy atom. The van der Waals surface area contributed by atoms with Crippen molar-refractivity contribution in [3.8, 4) is 11.1 Å². The van der Waals surface area contributed by atoms with Crippen LogP contribution < -0.4 is 5.32 Å². The van der Waals surface area contributed by atoms with Gasteiger partial charge in [-0.2, -0.15) is 0 Å². The second-order valence-electron chi connectivity index (χ2n) is 11.0. The quantitative estimate of drug-likeness (QED) is 0.215. The summed E-state index contributed by atoms with van der Waals surface area (Å²) in [6, 6.07) is 33.0. The summed E-state index contributed by atoms with van der Waals surface area (Å²) in [5.74, 6) is 0. The Morgan fingerprint density at radius 2 is 1.55 bits per heavy atom. The van der Waals surface area contributed by atoms with Crippen LogP contribution in [0.25, 0.3) is 65.6 Å². The van der Waals surface area contributed by atoms with Gasteiger partial charge in [0.25, 0.3) is 0 Å². The lowest BCUT2D eigenvalue weighted by atomic mass is 9.95. The fraction of sp³-hybridized carbons (Fsp3) is 0.179. The van der Waals surface area contributed by atoms with Crippen LogP contribution in [0.4, 0.5) is 0 Å². The van der Waals surface area contributed by atoms with Crippen LogP contribution in [-0.4, -0.2) is 12.0 Å². The number of aromatic nitrogens is 1. The van der Waals surface area contributed by atoms with Gasteiger partial charge in [-0.05, 0) is 78.0 Å². The standard InChI is InChI=1S/C37H30N2O.C2H6/c1-38-33(18-23-8-3-2-4-9-23)29-13-7-12-28-30-21-32-31-20-27(26-15-14-24-10-5-6-11-25(24)19-26)16-17-35(31)40-36(32)22-34(30)39-37(28)29;1-2/h2-3,5-7,10-22,33,38-39H,4,8-9H2,1H3;1-2H3/b23-18+;. The number of para-hydroxylation sites is 1. The third-order valence-electron chi connectivity index (χ3n) is 8.57. The smallest absolute Gasteiger partial charge is 0.137 e. The zero-order valence-electron chi connectivity index (χ0n) is 24.5. The third kappa shape index (κ3) is 4.51. The molecule has 0 amide bonds. The topological polar surface area (TPSA) is 41.0 Å². The molecule has 2 aromatic heterocycles. The largest absolute Gasteiger partial charge is 0.456 e. The minimum absolute atomic E-state index is 0.159. The molecule has 3 nitrogen and oxygen atoms in total. The van der Waals surface area contributed by atoms with Crippen molar-refractivity contribution in [2.45, 2.75) is 39.2 Å². The van der Waals surface area contributed by atoms with Crippen molar-refractivity contribution in [1.29, 1.82) is 0 Å². The van der Waals surface area contributed by atoms with Gasteiger partial charge in [0.2, 0.25) is 0 Å². The van der Waals surface area contributed by atoms with Crippen molar-refractivity contribution in [1.82, 2.24) is 10.3 Å². The minimum Gasteiger partial charge on any atom is -0.456 e. The van der Waals surface area contributed by atoms with Crippen LogP contribution in [0.2, 0.25) is 0 Å². The van der Waals surface area contributed by atoms with E-state index in [9.17, 15) is 0 Å². The summed E-state index contributed by atoms with van der Waals surface area (Å²) in [5, 5.41) is 10.8. The molecule has 0 bridgehead atoms.